The fourth-order valence-electron chi connectivity index (χ4n) is 3.36. The Hall–Kier alpha value is -0.290. The molecule has 2 fully saturated rings. The van der Waals surface area contributed by atoms with Crippen LogP contribution < -0.4 is 5.32 Å². The van der Waals surface area contributed by atoms with Crippen molar-refractivity contribution < 1.29 is 13.2 Å². The van der Waals surface area contributed by atoms with Crippen LogP contribution in [0.15, 0.2) is 0 Å². The SMILES string of the molecule is CNC1CCC(C)(C)CC1N(CC(F)(F)F)C1CC1. The normalized spacial score (nSPS) is 31.7. The topological polar surface area (TPSA) is 15.3 Å². The van der Waals surface area contributed by atoms with Gasteiger partial charge in [0.05, 0.1) is 6.54 Å². The van der Waals surface area contributed by atoms with E-state index in [0.29, 0.717) is 0 Å². The second kappa shape index (κ2) is 5.24. The molecular formula is C14H25F3N2. The number of nitrogens with one attached hydrogen (secondary N) is 1. The lowest BCUT2D eigenvalue weighted by Crippen LogP contribution is -2.56. The van der Waals surface area contributed by atoms with Crippen molar-refractivity contribution in [3.63, 3.8) is 0 Å². The molecule has 19 heavy (non-hydrogen) atoms. The highest BCUT2D eigenvalue weighted by Crippen LogP contribution is 2.41. The van der Waals surface area contributed by atoms with Crippen LogP contribution in [0.2, 0.25) is 0 Å². The molecule has 112 valence electrons. The Morgan fingerprint density at radius 1 is 1.21 bits per heavy atom. The van der Waals surface area contributed by atoms with E-state index in [2.05, 4.69) is 19.2 Å². The number of rotatable bonds is 4. The van der Waals surface area contributed by atoms with Gasteiger partial charge in [0.15, 0.2) is 0 Å². The number of likely N-dealkylation sites (N-methyl/N-ethyl adjacent to an activating group) is 1. The molecule has 2 aliphatic rings. The minimum absolute atomic E-state index is 0.0166. The smallest absolute Gasteiger partial charge is 0.315 e. The molecule has 0 aliphatic heterocycles. The summed E-state index contributed by atoms with van der Waals surface area (Å²) >= 11 is 0. The second-order valence-electron chi connectivity index (χ2n) is 6.89. The first-order valence-electron chi connectivity index (χ1n) is 7.22. The van der Waals surface area contributed by atoms with Crippen molar-refractivity contribution in [3.8, 4) is 0 Å². The molecule has 0 aromatic rings. The standard InChI is InChI=1S/C14H25F3N2/c1-13(2)7-6-11(18-3)12(8-13)19(10-4-5-10)9-14(15,16)17/h10-12,18H,4-9H2,1-3H3. The lowest BCUT2D eigenvalue weighted by Gasteiger charge is -2.46. The minimum Gasteiger partial charge on any atom is -0.315 e. The molecule has 2 nitrogen and oxygen atoms in total. The zero-order valence-corrected chi connectivity index (χ0v) is 12.1. The molecule has 2 atom stereocenters. The van der Waals surface area contributed by atoms with E-state index < -0.39 is 12.7 Å². The summed E-state index contributed by atoms with van der Waals surface area (Å²) < 4.78 is 38.4. The quantitative estimate of drug-likeness (QED) is 0.849. The molecule has 2 unspecified atom stereocenters. The van der Waals surface area contributed by atoms with Gasteiger partial charge in [-0.3, -0.25) is 4.90 Å². The number of alkyl halides is 3. The van der Waals surface area contributed by atoms with E-state index >= 15 is 0 Å². The van der Waals surface area contributed by atoms with Gasteiger partial charge in [0.1, 0.15) is 0 Å². The largest absolute Gasteiger partial charge is 0.401 e. The van der Waals surface area contributed by atoms with E-state index in [-0.39, 0.29) is 23.5 Å². The summed E-state index contributed by atoms with van der Waals surface area (Å²) in [5.74, 6) is 0. The van der Waals surface area contributed by atoms with Crippen LogP contribution in [0.3, 0.4) is 0 Å². The summed E-state index contributed by atoms with van der Waals surface area (Å²) in [5, 5.41) is 3.23. The Morgan fingerprint density at radius 3 is 2.32 bits per heavy atom. The number of nitrogens with zero attached hydrogens (tertiary/aromatic N) is 1. The van der Waals surface area contributed by atoms with Gasteiger partial charge in [-0.15, -0.1) is 0 Å². The van der Waals surface area contributed by atoms with Crippen molar-refractivity contribution >= 4 is 0 Å². The van der Waals surface area contributed by atoms with E-state index in [1.807, 2.05) is 7.05 Å². The van der Waals surface area contributed by atoms with Crippen LogP contribution in [-0.2, 0) is 0 Å². The molecule has 2 saturated carbocycles. The Bertz CT molecular complexity index is 310. The van der Waals surface area contributed by atoms with Crippen LogP contribution in [-0.4, -0.2) is 42.8 Å². The van der Waals surface area contributed by atoms with Crippen molar-refractivity contribution in [2.24, 2.45) is 5.41 Å². The summed E-state index contributed by atoms with van der Waals surface area (Å²) in [4.78, 5) is 1.72. The first kappa shape index (κ1) is 15.1. The molecule has 5 heteroatoms. The zero-order valence-electron chi connectivity index (χ0n) is 12.1. The average molecular weight is 278 g/mol. The molecule has 0 amide bonds. The molecule has 0 radical (unpaired) electrons. The number of hydrogen-bond acceptors (Lipinski definition) is 2. The predicted molar refractivity (Wildman–Crippen MR) is 70.1 cm³/mol. The van der Waals surface area contributed by atoms with E-state index in [1.54, 1.807) is 4.90 Å². The molecule has 0 heterocycles. The van der Waals surface area contributed by atoms with Crippen molar-refractivity contribution in [2.75, 3.05) is 13.6 Å². The molecule has 0 saturated heterocycles. The first-order valence-corrected chi connectivity index (χ1v) is 7.22. The van der Waals surface area contributed by atoms with Gasteiger partial charge in [0, 0.05) is 18.1 Å². The molecule has 2 aliphatic carbocycles. The van der Waals surface area contributed by atoms with E-state index in [9.17, 15) is 13.2 Å². The maximum atomic E-state index is 12.8. The maximum Gasteiger partial charge on any atom is 0.401 e. The van der Waals surface area contributed by atoms with Gasteiger partial charge in [0.2, 0.25) is 0 Å². The van der Waals surface area contributed by atoms with Gasteiger partial charge in [0.25, 0.3) is 0 Å². The highest BCUT2D eigenvalue weighted by molar-refractivity contribution is 4.99. The fourth-order valence-corrected chi connectivity index (χ4v) is 3.36. The summed E-state index contributed by atoms with van der Waals surface area (Å²) in [6.45, 7) is 3.59. The summed E-state index contributed by atoms with van der Waals surface area (Å²) in [5.41, 5.74) is 0.150. The van der Waals surface area contributed by atoms with Crippen molar-refractivity contribution in [1.82, 2.24) is 10.2 Å². The fraction of sp³-hybridized carbons (Fsp3) is 1.00. The second-order valence-corrected chi connectivity index (χ2v) is 6.89. The number of hydrogen-bond donors (Lipinski definition) is 1. The lowest BCUT2D eigenvalue weighted by molar-refractivity contribution is -0.157. The van der Waals surface area contributed by atoms with Crippen LogP contribution in [0.5, 0.6) is 0 Å². The Kier molecular flexibility index (Phi) is 4.17. The molecular weight excluding hydrogens is 253 g/mol. The predicted octanol–water partition coefficient (Wildman–Crippen LogP) is 3.18. The highest BCUT2D eigenvalue weighted by Gasteiger charge is 2.46. The Balaban J connectivity index is 2.12. The zero-order chi connectivity index (χ0) is 14.3. The van der Waals surface area contributed by atoms with Gasteiger partial charge >= 0.3 is 6.18 Å². The van der Waals surface area contributed by atoms with Gasteiger partial charge in [-0.1, -0.05) is 13.8 Å². The highest BCUT2D eigenvalue weighted by atomic mass is 19.4. The molecule has 0 bridgehead atoms. The van der Waals surface area contributed by atoms with Crippen LogP contribution in [0.25, 0.3) is 0 Å². The van der Waals surface area contributed by atoms with E-state index in [0.717, 1.165) is 32.1 Å². The van der Waals surface area contributed by atoms with Gasteiger partial charge < -0.3 is 5.32 Å². The monoisotopic (exact) mass is 278 g/mol. The number of halogens is 3. The van der Waals surface area contributed by atoms with Gasteiger partial charge in [-0.25, -0.2) is 0 Å². The van der Waals surface area contributed by atoms with Crippen molar-refractivity contribution in [2.45, 2.75) is 70.3 Å². The Morgan fingerprint density at radius 2 is 1.84 bits per heavy atom. The minimum atomic E-state index is -4.09. The summed E-state index contributed by atoms with van der Waals surface area (Å²) in [6, 6.07) is 0.357. The van der Waals surface area contributed by atoms with Crippen LogP contribution >= 0.6 is 0 Å². The average Bonchev–Trinajstić information content (AvgIpc) is 3.07. The maximum absolute atomic E-state index is 12.8. The van der Waals surface area contributed by atoms with Crippen molar-refractivity contribution in [1.29, 1.82) is 0 Å². The molecule has 2 rings (SSSR count). The summed E-state index contributed by atoms with van der Waals surface area (Å²) in [7, 11) is 1.87. The third kappa shape index (κ3) is 4.09. The molecule has 1 N–H and O–H groups in total. The van der Waals surface area contributed by atoms with E-state index in [4.69, 9.17) is 0 Å². The van der Waals surface area contributed by atoms with Crippen LogP contribution in [0.1, 0.15) is 46.0 Å². The van der Waals surface area contributed by atoms with Crippen LogP contribution in [0.4, 0.5) is 13.2 Å². The molecule has 0 spiro atoms. The summed E-state index contributed by atoms with van der Waals surface area (Å²) in [6.07, 6.45) is 0.648. The Labute approximate surface area is 113 Å². The van der Waals surface area contributed by atoms with Gasteiger partial charge in [-0.05, 0) is 44.6 Å². The van der Waals surface area contributed by atoms with E-state index in [1.165, 1.54) is 0 Å². The first-order chi connectivity index (χ1) is 8.72. The third-order valence-electron chi connectivity index (χ3n) is 4.53. The third-order valence-corrected chi connectivity index (χ3v) is 4.53. The lowest BCUT2D eigenvalue weighted by atomic mass is 9.72. The van der Waals surface area contributed by atoms with Gasteiger partial charge in [-0.2, -0.15) is 13.2 Å². The molecule has 0 aromatic carbocycles. The molecule has 0 aromatic heterocycles. The van der Waals surface area contributed by atoms with Crippen molar-refractivity contribution in [3.05, 3.63) is 0 Å². The van der Waals surface area contributed by atoms with Crippen LogP contribution in [0, 0.1) is 5.41 Å².